The molecule has 8 nitrogen and oxygen atoms in total. The first-order valence-electron chi connectivity index (χ1n) is 10.5. The number of methoxy groups -OCH3 is 3. The SMILES string of the molecule is COc1c(O)cc2c(c1OC)-c1c(cc3c(c1OC)OCO3)[C@H](OC(C)=O)[C@H](C)[C@H](C)C2. The molecule has 3 atom stereocenters. The van der Waals surface area contributed by atoms with Gasteiger partial charge in [0.1, 0.15) is 6.10 Å². The second-order valence-electron chi connectivity index (χ2n) is 8.17. The van der Waals surface area contributed by atoms with Crippen LogP contribution in [0.5, 0.6) is 34.5 Å². The fourth-order valence-corrected chi connectivity index (χ4v) is 4.68. The predicted molar refractivity (Wildman–Crippen MR) is 116 cm³/mol. The summed E-state index contributed by atoms with van der Waals surface area (Å²) in [5, 5.41) is 10.6. The topological polar surface area (TPSA) is 92.7 Å². The fraction of sp³-hybridized carbons (Fsp3) is 0.458. The number of phenols is 1. The Kier molecular flexibility index (Phi) is 5.71. The molecular formula is C24H28O8. The van der Waals surface area contributed by atoms with Crippen LogP contribution in [0.25, 0.3) is 11.1 Å². The van der Waals surface area contributed by atoms with Crippen LogP contribution in [0, 0.1) is 11.8 Å². The van der Waals surface area contributed by atoms with E-state index in [-0.39, 0.29) is 36.1 Å². The number of carbonyl (C=O) groups is 1. The van der Waals surface area contributed by atoms with Gasteiger partial charge in [0.2, 0.25) is 18.3 Å². The number of benzene rings is 2. The Morgan fingerprint density at radius 1 is 1.00 bits per heavy atom. The molecule has 0 saturated carbocycles. The van der Waals surface area contributed by atoms with E-state index in [2.05, 4.69) is 6.92 Å². The minimum Gasteiger partial charge on any atom is -0.504 e. The van der Waals surface area contributed by atoms with E-state index in [0.717, 1.165) is 5.56 Å². The quantitative estimate of drug-likeness (QED) is 0.700. The average molecular weight is 444 g/mol. The van der Waals surface area contributed by atoms with Crippen molar-refractivity contribution in [1.29, 1.82) is 0 Å². The Morgan fingerprint density at radius 3 is 2.31 bits per heavy atom. The van der Waals surface area contributed by atoms with Gasteiger partial charge in [-0.05, 0) is 30.0 Å². The van der Waals surface area contributed by atoms with E-state index in [9.17, 15) is 9.90 Å². The number of fused-ring (bicyclic) bond motifs is 4. The summed E-state index contributed by atoms with van der Waals surface area (Å²) >= 11 is 0. The lowest BCUT2D eigenvalue weighted by molar-refractivity contribution is -0.150. The summed E-state index contributed by atoms with van der Waals surface area (Å²) in [6, 6.07) is 3.53. The van der Waals surface area contributed by atoms with Gasteiger partial charge in [-0.1, -0.05) is 13.8 Å². The maximum Gasteiger partial charge on any atom is 0.303 e. The summed E-state index contributed by atoms with van der Waals surface area (Å²) < 4.78 is 34.3. The Morgan fingerprint density at radius 2 is 1.69 bits per heavy atom. The third kappa shape index (κ3) is 3.34. The van der Waals surface area contributed by atoms with Crippen LogP contribution in [0.1, 0.15) is 38.0 Å². The summed E-state index contributed by atoms with van der Waals surface area (Å²) in [7, 11) is 4.54. The predicted octanol–water partition coefficient (Wildman–Crippen LogP) is 4.25. The van der Waals surface area contributed by atoms with Crippen LogP contribution in [-0.4, -0.2) is 39.2 Å². The van der Waals surface area contributed by atoms with Crippen molar-refractivity contribution < 1.29 is 38.3 Å². The summed E-state index contributed by atoms with van der Waals surface area (Å²) in [5.41, 5.74) is 2.93. The third-order valence-corrected chi connectivity index (χ3v) is 6.33. The summed E-state index contributed by atoms with van der Waals surface area (Å²) in [5.74, 6) is 1.69. The molecule has 1 heterocycles. The maximum absolute atomic E-state index is 12.1. The highest BCUT2D eigenvalue weighted by atomic mass is 16.7. The van der Waals surface area contributed by atoms with Crippen molar-refractivity contribution >= 4 is 5.97 Å². The zero-order valence-electron chi connectivity index (χ0n) is 19.1. The van der Waals surface area contributed by atoms with Crippen LogP contribution in [0.3, 0.4) is 0 Å². The van der Waals surface area contributed by atoms with Crippen LogP contribution in [-0.2, 0) is 16.0 Å². The normalized spacial score (nSPS) is 21.0. The van der Waals surface area contributed by atoms with E-state index in [4.69, 9.17) is 28.4 Å². The molecule has 172 valence electrons. The molecule has 1 N–H and O–H groups in total. The zero-order valence-corrected chi connectivity index (χ0v) is 19.1. The number of rotatable bonds is 4. The molecule has 0 bridgehead atoms. The van der Waals surface area contributed by atoms with E-state index >= 15 is 0 Å². The second kappa shape index (κ2) is 8.33. The van der Waals surface area contributed by atoms with Crippen LogP contribution >= 0.6 is 0 Å². The number of ether oxygens (including phenoxy) is 6. The van der Waals surface area contributed by atoms with Crippen LogP contribution in [0.4, 0.5) is 0 Å². The number of esters is 1. The Bertz CT molecular complexity index is 1060. The van der Waals surface area contributed by atoms with E-state index in [1.54, 1.807) is 13.2 Å². The van der Waals surface area contributed by atoms with Gasteiger partial charge in [-0.25, -0.2) is 0 Å². The standard InChI is InChI=1S/C24H28O8/c1-11-7-14-8-16(26)21(27-4)23(28-5)18(14)19-15(20(12(11)2)32-13(3)25)9-17-22(24(19)29-6)31-10-30-17/h8-9,11-12,20,26H,7,10H2,1-6H3/t11-,12-,20-/m1/s1. The minimum absolute atomic E-state index is 0.0127. The van der Waals surface area contributed by atoms with Crippen molar-refractivity contribution in [3.05, 3.63) is 23.3 Å². The molecule has 0 unspecified atom stereocenters. The van der Waals surface area contributed by atoms with Crippen molar-refractivity contribution in [3.8, 4) is 45.6 Å². The molecule has 8 heteroatoms. The molecule has 32 heavy (non-hydrogen) atoms. The van der Waals surface area contributed by atoms with Crippen molar-refractivity contribution in [2.24, 2.45) is 11.8 Å². The minimum atomic E-state index is -0.557. The van der Waals surface area contributed by atoms with Crippen LogP contribution in [0.15, 0.2) is 12.1 Å². The Balaban J connectivity index is 2.16. The third-order valence-electron chi connectivity index (χ3n) is 6.33. The van der Waals surface area contributed by atoms with Gasteiger partial charge in [-0.3, -0.25) is 4.79 Å². The molecule has 0 spiro atoms. The maximum atomic E-state index is 12.1. The molecule has 2 aromatic rings. The zero-order chi connectivity index (χ0) is 23.2. The summed E-state index contributed by atoms with van der Waals surface area (Å²) in [4.78, 5) is 12.1. The molecule has 0 fully saturated rings. The summed E-state index contributed by atoms with van der Waals surface area (Å²) in [6.45, 7) is 5.59. The van der Waals surface area contributed by atoms with Gasteiger partial charge in [-0.15, -0.1) is 0 Å². The molecule has 0 saturated heterocycles. The highest BCUT2D eigenvalue weighted by Crippen LogP contribution is 2.58. The molecular weight excluding hydrogens is 416 g/mol. The van der Waals surface area contributed by atoms with E-state index in [0.29, 0.717) is 46.1 Å². The molecule has 0 amide bonds. The smallest absolute Gasteiger partial charge is 0.303 e. The van der Waals surface area contributed by atoms with Gasteiger partial charge in [0, 0.05) is 29.5 Å². The number of aromatic hydroxyl groups is 1. The number of hydrogen-bond acceptors (Lipinski definition) is 8. The Labute approximate surface area is 186 Å². The fourth-order valence-electron chi connectivity index (χ4n) is 4.68. The van der Waals surface area contributed by atoms with Gasteiger partial charge >= 0.3 is 5.97 Å². The highest BCUT2D eigenvalue weighted by Gasteiger charge is 2.39. The Hall–Kier alpha value is -3.29. The lowest BCUT2D eigenvalue weighted by Gasteiger charge is -2.34. The van der Waals surface area contributed by atoms with E-state index < -0.39 is 6.10 Å². The van der Waals surface area contributed by atoms with Crippen molar-refractivity contribution in [3.63, 3.8) is 0 Å². The second-order valence-corrected chi connectivity index (χ2v) is 8.17. The molecule has 0 aromatic heterocycles. The molecule has 2 aromatic carbocycles. The number of carbonyl (C=O) groups excluding carboxylic acids is 1. The first kappa shape index (κ1) is 21.9. The van der Waals surface area contributed by atoms with Crippen molar-refractivity contribution in [2.75, 3.05) is 28.1 Å². The van der Waals surface area contributed by atoms with Gasteiger partial charge in [0.15, 0.2) is 23.0 Å². The van der Waals surface area contributed by atoms with Crippen LogP contribution < -0.4 is 23.7 Å². The lowest BCUT2D eigenvalue weighted by Crippen LogP contribution is -2.26. The molecule has 1 aliphatic heterocycles. The van der Waals surface area contributed by atoms with Crippen molar-refractivity contribution in [1.82, 2.24) is 0 Å². The van der Waals surface area contributed by atoms with E-state index in [1.165, 1.54) is 21.1 Å². The monoisotopic (exact) mass is 444 g/mol. The molecule has 4 rings (SSSR count). The first-order valence-corrected chi connectivity index (χ1v) is 10.5. The van der Waals surface area contributed by atoms with Crippen molar-refractivity contribution in [2.45, 2.75) is 33.3 Å². The van der Waals surface area contributed by atoms with Gasteiger partial charge < -0.3 is 33.5 Å². The van der Waals surface area contributed by atoms with Crippen LogP contribution in [0.2, 0.25) is 0 Å². The molecule has 1 aliphatic carbocycles. The summed E-state index contributed by atoms with van der Waals surface area (Å²) in [6.07, 6.45) is 0.0534. The van der Waals surface area contributed by atoms with Gasteiger partial charge in [0.05, 0.1) is 21.3 Å². The highest BCUT2D eigenvalue weighted by molar-refractivity contribution is 5.89. The number of phenolic OH excluding ortho intramolecular Hbond substituents is 1. The van der Waals surface area contributed by atoms with E-state index in [1.807, 2.05) is 13.0 Å². The van der Waals surface area contributed by atoms with Gasteiger partial charge in [-0.2, -0.15) is 0 Å². The average Bonchev–Trinajstić information content (AvgIpc) is 3.23. The molecule has 0 radical (unpaired) electrons. The largest absolute Gasteiger partial charge is 0.504 e. The number of hydrogen-bond donors (Lipinski definition) is 1. The molecule has 2 aliphatic rings. The van der Waals surface area contributed by atoms with Gasteiger partial charge in [0.25, 0.3) is 0 Å². The lowest BCUT2D eigenvalue weighted by atomic mass is 9.76. The first-order chi connectivity index (χ1) is 15.3.